The number of carboxylic acids is 1. The van der Waals surface area contributed by atoms with E-state index >= 15 is 0 Å². The monoisotopic (exact) mass is 297 g/mol. The molecule has 116 valence electrons. The van der Waals surface area contributed by atoms with E-state index in [1.807, 2.05) is 0 Å². The summed E-state index contributed by atoms with van der Waals surface area (Å²) in [5.41, 5.74) is -1.14. The minimum absolute atomic E-state index is 0.0950. The molecule has 2 atom stereocenters. The van der Waals surface area contributed by atoms with E-state index in [1.54, 1.807) is 20.8 Å². The smallest absolute Gasteiger partial charge is 0.321 e. The molecule has 0 aliphatic carbocycles. The van der Waals surface area contributed by atoms with Crippen molar-refractivity contribution in [3.05, 3.63) is 0 Å². The Hall–Kier alpha value is -2.12. The van der Waals surface area contributed by atoms with Gasteiger partial charge in [0.25, 0.3) is 5.91 Å². The molecule has 2 aliphatic rings. The molecule has 0 aromatic carbocycles. The molecule has 2 rings (SSSR count). The van der Waals surface area contributed by atoms with Crippen LogP contribution in [-0.2, 0) is 14.4 Å². The summed E-state index contributed by atoms with van der Waals surface area (Å²) in [5, 5.41) is 11.3. The van der Waals surface area contributed by atoms with E-state index in [0.717, 1.165) is 0 Å². The quantitative estimate of drug-likeness (QED) is 0.634. The zero-order valence-electron chi connectivity index (χ0n) is 12.3. The van der Waals surface area contributed by atoms with Gasteiger partial charge < -0.3 is 14.9 Å². The number of piperazine rings is 1. The number of aliphatic carboxylic acids is 1. The van der Waals surface area contributed by atoms with E-state index in [2.05, 4.69) is 5.32 Å². The number of imide groups is 1. The zero-order chi connectivity index (χ0) is 15.9. The summed E-state index contributed by atoms with van der Waals surface area (Å²) in [5.74, 6) is -2.79. The van der Waals surface area contributed by atoms with Gasteiger partial charge in [0, 0.05) is 13.1 Å². The van der Waals surface area contributed by atoms with Crippen LogP contribution >= 0.6 is 0 Å². The highest BCUT2D eigenvalue weighted by molar-refractivity contribution is 6.06. The highest BCUT2D eigenvalue weighted by Gasteiger charge is 2.47. The lowest BCUT2D eigenvalue weighted by Gasteiger charge is -2.41. The second-order valence-electron chi connectivity index (χ2n) is 6.13. The fraction of sp³-hybridized carbons (Fsp3) is 0.692. The highest BCUT2D eigenvalue weighted by Crippen LogP contribution is 2.27. The molecule has 0 radical (unpaired) electrons. The predicted molar refractivity (Wildman–Crippen MR) is 71.2 cm³/mol. The molecule has 2 fully saturated rings. The van der Waals surface area contributed by atoms with Gasteiger partial charge in [0.15, 0.2) is 0 Å². The average Bonchev–Trinajstić information content (AvgIpc) is 2.75. The Bertz CT molecular complexity index is 516. The molecule has 0 aromatic heterocycles. The SMILES string of the molecule is CC1CN(C(=O)N2CC(=O)NC(=O)C2(C)C)CC1C(=O)O. The van der Waals surface area contributed by atoms with Gasteiger partial charge in [0.1, 0.15) is 12.1 Å². The first-order chi connectivity index (χ1) is 9.64. The molecule has 0 saturated carbocycles. The second kappa shape index (κ2) is 5.01. The minimum Gasteiger partial charge on any atom is -0.481 e. The molecule has 8 nitrogen and oxygen atoms in total. The van der Waals surface area contributed by atoms with Crippen molar-refractivity contribution < 1.29 is 24.3 Å². The summed E-state index contributed by atoms with van der Waals surface area (Å²) < 4.78 is 0. The van der Waals surface area contributed by atoms with Crippen LogP contribution in [0, 0.1) is 11.8 Å². The van der Waals surface area contributed by atoms with Crippen molar-refractivity contribution in [2.24, 2.45) is 11.8 Å². The number of carbonyl (C=O) groups is 4. The number of amides is 4. The molecule has 2 heterocycles. The maximum absolute atomic E-state index is 12.5. The molecule has 0 bridgehead atoms. The molecule has 2 aliphatic heterocycles. The fourth-order valence-corrected chi connectivity index (χ4v) is 2.70. The average molecular weight is 297 g/mol. The van der Waals surface area contributed by atoms with Gasteiger partial charge in [-0.1, -0.05) is 6.92 Å². The Morgan fingerprint density at radius 3 is 2.43 bits per heavy atom. The van der Waals surface area contributed by atoms with Crippen molar-refractivity contribution >= 4 is 23.8 Å². The van der Waals surface area contributed by atoms with Gasteiger partial charge >= 0.3 is 12.0 Å². The molecular formula is C13H19N3O5. The Kier molecular flexibility index (Phi) is 3.65. The third-order valence-electron chi connectivity index (χ3n) is 4.22. The molecule has 0 aromatic rings. The van der Waals surface area contributed by atoms with Crippen molar-refractivity contribution in [1.29, 1.82) is 0 Å². The van der Waals surface area contributed by atoms with Crippen LogP contribution in [0.15, 0.2) is 0 Å². The number of hydrogen-bond acceptors (Lipinski definition) is 4. The molecule has 2 unspecified atom stereocenters. The fourth-order valence-electron chi connectivity index (χ4n) is 2.70. The van der Waals surface area contributed by atoms with Gasteiger partial charge in [-0.05, 0) is 19.8 Å². The predicted octanol–water partition coefficient (Wildman–Crippen LogP) is -0.504. The lowest BCUT2D eigenvalue weighted by Crippen LogP contribution is -2.67. The number of nitrogens with zero attached hydrogens (tertiary/aromatic N) is 2. The summed E-state index contributed by atoms with van der Waals surface area (Å²) in [4.78, 5) is 49.6. The summed E-state index contributed by atoms with van der Waals surface area (Å²) >= 11 is 0. The van der Waals surface area contributed by atoms with E-state index in [4.69, 9.17) is 5.11 Å². The second-order valence-corrected chi connectivity index (χ2v) is 6.13. The Morgan fingerprint density at radius 2 is 1.90 bits per heavy atom. The van der Waals surface area contributed by atoms with Gasteiger partial charge in [-0.25, -0.2) is 4.79 Å². The van der Waals surface area contributed by atoms with Crippen molar-refractivity contribution in [2.45, 2.75) is 26.3 Å². The first-order valence-electron chi connectivity index (χ1n) is 6.78. The normalized spacial score (nSPS) is 28.5. The lowest BCUT2D eigenvalue weighted by molar-refractivity contribution is -0.144. The van der Waals surface area contributed by atoms with Crippen molar-refractivity contribution in [3.63, 3.8) is 0 Å². The summed E-state index contributed by atoms with van der Waals surface area (Å²) in [7, 11) is 0. The van der Waals surface area contributed by atoms with Crippen LogP contribution in [0.2, 0.25) is 0 Å². The number of carbonyl (C=O) groups excluding carboxylic acids is 3. The molecule has 2 N–H and O–H groups in total. The van der Waals surface area contributed by atoms with Crippen LogP contribution < -0.4 is 5.32 Å². The highest BCUT2D eigenvalue weighted by atomic mass is 16.4. The molecular weight excluding hydrogens is 278 g/mol. The van der Waals surface area contributed by atoms with Crippen molar-refractivity contribution in [1.82, 2.24) is 15.1 Å². The van der Waals surface area contributed by atoms with Crippen LogP contribution in [0.1, 0.15) is 20.8 Å². The maximum Gasteiger partial charge on any atom is 0.321 e. The summed E-state index contributed by atoms with van der Waals surface area (Å²) in [6.07, 6.45) is 0. The standard InChI is InChI=1S/C13H19N3O5/c1-7-4-15(5-8(7)10(18)19)12(21)16-6-9(17)14-11(20)13(16,2)3/h7-8H,4-6H2,1-3H3,(H,18,19)(H,14,17,20). The summed E-state index contributed by atoms with van der Waals surface area (Å²) in [6, 6.07) is -0.473. The van der Waals surface area contributed by atoms with Crippen LogP contribution in [0.3, 0.4) is 0 Å². The van der Waals surface area contributed by atoms with E-state index in [9.17, 15) is 19.2 Å². The number of carboxylic acid groups (broad SMARTS) is 1. The van der Waals surface area contributed by atoms with Crippen molar-refractivity contribution in [3.8, 4) is 0 Å². The van der Waals surface area contributed by atoms with Crippen LogP contribution in [0.5, 0.6) is 0 Å². The lowest BCUT2D eigenvalue weighted by atomic mass is 9.99. The Balaban J connectivity index is 2.18. The van der Waals surface area contributed by atoms with Gasteiger partial charge in [-0.15, -0.1) is 0 Å². The number of urea groups is 1. The number of likely N-dealkylation sites (tertiary alicyclic amines) is 1. The number of rotatable bonds is 1. The Morgan fingerprint density at radius 1 is 1.29 bits per heavy atom. The van der Waals surface area contributed by atoms with Gasteiger partial charge in [-0.3, -0.25) is 19.7 Å². The van der Waals surface area contributed by atoms with E-state index in [-0.39, 0.29) is 19.0 Å². The van der Waals surface area contributed by atoms with E-state index in [0.29, 0.717) is 6.54 Å². The number of hydrogen-bond donors (Lipinski definition) is 2. The van der Waals surface area contributed by atoms with Gasteiger partial charge in [0.05, 0.1) is 5.92 Å². The molecule has 8 heteroatoms. The topological polar surface area (TPSA) is 107 Å². The number of nitrogens with one attached hydrogen (secondary N) is 1. The third-order valence-corrected chi connectivity index (χ3v) is 4.22. The Labute approximate surface area is 122 Å². The van der Waals surface area contributed by atoms with Crippen LogP contribution in [-0.4, -0.2) is 63.9 Å². The zero-order valence-corrected chi connectivity index (χ0v) is 12.3. The van der Waals surface area contributed by atoms with E-state index in [1.165, 1.54) is 9.80 Å². The first-order valence-corrected chi connectivity index (χ1v) is 6.78. The van der Waals surface area contributed by atoms with Gasteiger partial charge in [-0.2, -0.15) is 0 Å². The van der Waals surface area contributed by atoms with E-state index < -0.39 is 35.3 Å². The molecule has 2 saturated heterocycles. The first kappa shape index (κ1) is 15.3. The van der Waals surface area contributed by atoms with Crippen LogP contribution in [0.4, 0.5) is 4.79 Å². The minimum atomic E-state index is -1.14. The van der Waals surface area contributed by atoms with Crippen molar-refractivity contribution in [2.75, 3.05) is 19.6 Å². The van der Waals surface area contributed by atoms with Crippen LogP contribution in [0.25, 0.3) is 0 Å². The third kappa shape index (κ3) is 2.57. The van der Waals surface area contributed by atoms with Gasteiger partial charge in [0.2, 0.25) is 5.91 Å². The maximum atomic E-state index is 12.5. The largest absolute Gasteiger partial charge is 0.481 e. The molecule has 21 heavy (non-hydrogen) atoms. The molecule has 0 spiro atoms. The summed E-state index contributed by atoms with van der Waals surface area (Å²) in [6.45, 7) is 5.07. The molecule has 4 amide bonds.